The summed E-state index contributed by atoms with van der Waals surface area (Å²) in [4.78, 5) is 0. The van der Waals surface area contributed by atoms with Gasteiger partial charge in [-0.1, -0.05) is 79.1 Å². The van der Waals surface area contributed by atoms with E-state index in [4.69, 9.17) is 0 Å². The van der Waals surface area contributed by atoms with E-state index in [9.17, 15) is 0 Å². The predicted molar refractivity (Wildman–Crippen MR) is 82.9 cm³/mol. The normalized spacial score (nSPS) is 28.3. The van der Waals surface area contributed by atoms with Crippen molar-refractivity contribution in [2.75, 3.05) is 0 Å². The van der Waals surface area contributed by atoms with E-state index < -0.39 is 0 Å². The molecule has 0 aromatic heterocycles. The molecule has 18 heavy (non-hydrogen) atoms. The molecule has 0 radical (unpaired) electrons. The first-order chi connectivity index (χ1) is 8.55. The number of rotatable bonds is 3. The van der Waals surface area contributed by atoms with Gasteiger partial charge in [-0.25, -0.2) is 0 Å². The average molecular weight is 252 g/mol. The highest BCUT2D eigenvalue weighted by Gasteiger charge is 2.23. The highest BCUT2D eigenvalue weighted by molar-refractivity contribution is 4.75. The topological polar surface area (TPSA) is 0 Å². The van der Waals surface area contributed by atoms with E-state index >= 15 is 0 Å². The second-order valence-electron chi connectivity index (χ2n) is 7.54. The summed E-state index contributed by atoms with van der Waals surface area (Å²) in [5, 5.41) is 0. The highest BCUT2D eigenvalue weighted by atomic mass is 14.3. The smallest absolute Gasteiger partial charge is 0.0354 e. The second kappa shape index (κ2) is 8.23. The molecule has 0 heteroatoms. The van der Waals surface area contributed by atoms with Crippen LogP contribution in [0.2, 0.25) is 0 Å². The van der Waals surface area contributed by atoms with Crippen LogP contribution in [0, 0.1) is 17.3 Å². The Kier molecular flexibility index (Phi) is 7.34. The zero-order valence-electron chi connectivity index (χ0n) is 13.4. The molecule has 0 spiro atoms. The van der Waals surface area contributed by atoms with Crippen molar-refractivity contribution in [3.8, 4) is 0 Å². The van der Waals surface area contributed by atoms with Crippen LogP contribution in [-0.4, -0.2) is 0 Å². The zero-order chi connectivity index (χ0) is 13.4. The third-order valence-corrected chi connectivity index (χ3v) is 5.17. The fourth-order valence-electron chi connectivity index (χ4n) is 3.65. The van der Waals surface area contributed by atoms with Crippen LogP contribution >= 0.6 is 0 Å². The fourth-order valence-corrected chi connectivity index (χ4v) is 3.65. The van der Waals surface area contributed by atoms with E-state index in [1.807, 2.05) is 0 Å². The van der Waals surface area contributed by atoms with Gasteiger partial charge in [0.1, 0.15) is 0 Å². The summed E-state index contributed by atoms with van der Waals surface area (Å²) in [5.74, 6) is 1.95. The van der Waals surface area contributed by atoms with Gasteiger partial charge >= 0.3 is 0 Å². The molecule has 2 atom stereocenters. The summed E-state index contributed by atoms with van der Waals surface area (Å²) in [7, 11) is 0. The van der Waals surface area contributed by atoms with Crippen LogP contribution in [0.15, 0.2) is 0 Å². The van der Waals surface area contributed by atoms with Crippen molar-refractivity contribution in [1.29, 1.82) is 0 Å². The minimum Gasteiger partial charge on any atom is -0.0654 e. The standard InChI is InChI=1S/C18H36/c1-5-11-16(2)17-12-9-7-6-8-10-14-18(3,4)15-13-17/h16-17H,5-15H2,1-4H3. The van der Waals surface area contributed by atoms with Gasteiger partial charge in [-0.05, 0) is 36.5 Å². The molecule has 1 rings (SSSR count). The summed E-state index contributed by atoms with van der Waals surface area (Å²) in [6, 6.07) is 0. The van der Waals surface area contributed by atoms with Crippen molar-refractivity contribution >= 4 is 0 Å². The van der Waals surface area contributed by atoms with Crippen LogP contribution in [0.25, 0.3) is 0 Å². The van der Waals surface area contributed by atoms with Gasteiger partial charge in [-0.2, -0.15) is 0 Å². The zero-order valence-corrected chi connectivity index (χ0v) is 13.4. The van der Waals surface area contributed by atoms with Crippen molar-refractivity contribution in [2.24, 2.45) is 17.3 Å². The summed E-state index contributed by atoms with van der Waals surface area (Å²) in [5.41, 5.74) is 0.592. The lowest BCUT2D eigenvalue weighted by atomic mass is 9.76. The van der Waals surface area contributed by atoms with E-state index in [0.29, 0.717) is 5.41 Å². The summed E-state index contributed by atoms with van der Waals surface area (Å²) < 4.78 is 0. The molecule has 0 heterocycles. The molecule has 0 amide bonds. The number of hydrogen-bond donors (Lipinski definition) is 0. The van der Waals surface area contributed by atoms with Crippen LogP contribution in [-0.2, 0) is 0 Å². The Bertz CT molecular complexity index is 204. The largest absolute Gasteiger partial charge is 0.0654 e. The Morgan fingerprint density at radius 3 is 2.33 bits per heavy atom. The third kappa shape index (κ3) is 6.25. The molecule has 108 valence electrons. The first-order valence-corrected chi connectivity index (χ1v) is 8.55. The molecule has 0 bridgehead atoms. The molecular formula is C18H36. The third-order valence-electron chi connectivity index (χ3n) is 5.17. The van der Waals surface area contributed by atoms with E-state index in [1.165, 1.54) is 70.6 Å². The lowest BCUT2D eigenvalue weighted by Gasteiger charge is -2.29. The van der Waals surface area contributed by atoms with E-state index in [1.54, 1.807) is 0 Å². The van der Waals surface area contributed by atoms with Gasteiger partial charge in [0.15, 0.2) is 0 Å². The summed E-state index contributed by atoms with van der Waals surface area (Å²) in [6.07, 6.45) is 16.0. The van der Waals surface area contributed by atoms with Crippen molar-refractivity contribution in [2.45, 2.75) is 98.3 Å². The Hall–Kier alpha value is 0. The van der Waals surface area contributed by atoms with Gasteiger partial charge in [-0.3, -0.25) is 0 Å². The minimum absolute atomic E-state index is 0.592. The maximum Gasteiger partial charge on any atom is -0.0354 e. The molecule has 0 nitrogen and oxygen atoms in total. The molecule has 2 unspecified atom stereocenters. The van der Waals surface area contributed by atoms with Gasteiger partial charge in [0.25, 0.3) is 0 Å². The SMILES string of the molecule is CCCC(C)C1CCCCCCCC(C)(C)CC1. The molecule has 0 aromatic rings. The summed E-state index contributed by atoms with van der Waals surface area (Å²) >= 11 is 0. The Balaban J connectivity index is 2.53. The molecular weight excluding hydrogens is 216 g/mol. The lowest BCUT2D eigenvalue weighted by Crippen LogP contribution is -2.17. The van der Waals surface area contributed by atoms with Gasteiger partial charge in [0.2, 0.25) is 0 Å². The Morgan fingerprint density at radius 2 is 1.61 bits per heavy atom. The molecule has 1 fully saturated rings. The molecule has 1 aliphatic carbocycles. The van der Waals surface area contributed by atoms with Crippen LogP contribution in [0.1, 0.15) is 98.3 Å². The molecule has 1 saturated carbocycles. The van der Waals surface area contributed by atoms with Crippen LogP contribution in [0.5, 0.6) is 0 Å². The monoisotopic (exact) mass is 252 g/mol. The summed E-state index contributed by atoms with van der Waals surface area (Å²) in [6.45, 7) is 9.82. The Morgan fingerprint density at radius 1 is 0.944 bits per heavy atom. The van der Waals surface area contributed by atoms with Crippen molar-refractivity contribution in [3.63, 3.8) is 0 Å². The van der Waals surface area contributed by atoms with Crippen molar-refractivity contribution in [3.05, 3.63) is 0 Å². The van der Waals surface area contributed by atoms with Gasteiger partial charge < -0.3 is 0 Å². The van der Waals surface area contributed by atoms with Gasteiger partial charge in [-0.15, -0.1) is 0 Å². The molecule has 0 saturated heterocycles. The van der Waals surface area contributed by atoms with E-state index in [0.717, 1.165) is 11.8 Å². The van der Waals surface area contributed by atoms with Crippen molar-refractivity contribution < 1.29 is 0 Å². The van der Waals surface area contributed by atoms with Gasteiger partial charge in [0.05, 0.1) is 0 Å². The molecule has 0 aromatic carbocycles. The molecule has 1 aliphatic rings. The predicted octanol–water partition coefficient (Wildman–Crippen LogP) is 6.59. The first kappa shape index (κ1) is 16.1. The van der Waals surface area contributed by atoms with E-state index in [-0.39, 0.29) is 0 Å². The average Bonchev–Trinajstić information content (AvgIpc) is 2.34. The van der Waals surface area contributed by atoms with Crippen molar-refractivity contribution in [1.82, 2.24) is 0 Å². The van der Waals surface area contributed by atoms with Crippen LogP contribution < -0.4 is 0 Å². The van der Waals surface area contributed by atoms with Crippen LogP contribution in [0.4, 0.5) is 0 Å². The minimum atomic E-state index is 0.592. The quantitative estimate of drug-likeness (QED) is 0.531. The van der Waals surface area contributed by atoms with E-state index in [2.05, 4.69) is 27.7 Å². The molecule has 0 N–H and O–H groups in total. The maximum absolute atomic E-state index is 2.50. The number of hydrogen-bond acceptors (Lipinski definition) is 0. The maximum atomic E-state index is 2.50. The van der Waals surface area contributed by atoms with Crippen LogP contribution in [0.3, 0.4) is 0 Å². The fraction of sp³-hybridized carbons (Fsp3) is 1.00. The highest BCUT2D eigenvalue weighted by Crippen LogP contribution is 2.36. The Labute approximate surface area is 116 Å². The molecule has 0 aliphatic heterocycles. The lowest BCUT2D eigenvalue weighted by molar-refractivity contribution is 0.223. The van der Waals surface area contributed by atoms with Gasteiger partial charge in [0, 0.05) is 0 Å². The second-order valence-corrected chi connectivity index (χ2v) is 7.54. The first-order valence-electron chi connectivity index (χ1n) is 8.55.